The van der Waals surface area contributed by atoms with Gasteiger partial charge in [-0.3, -0.25) is 4.79 Å². The number of aromatic nitrogens is 2. The summed E-state index contributed by atoms with van der Waals surface area (Å²) in [5.74, 6) is -0.957. The minimum atomic E-state index is -1.24. The molecule has 2 N–H and O–H groups in total. The van der Waals surface area contributed by atoms with E-state index in [0.717, 1.165) is 0 Å². The van der Waals surface area contributed by atoms with Crippen molar-refractivity contribution in [1.29, 1.82) is 0 Å². The maximum Gasteiger partial charge on any atom is 0.358 e. The number of hydrogen-bond acceptors (Lipinski definition) is 5. The molecule has 2 aromatic rings. The Morgan fingerprint density at radius 1 is 1.32 bits per heavy atom. The van der Waals surface area contributed by atoms with Gasteiger partial charge in [0.15, 0.2) is 11.5 Å². The molecular weight excluding hydrogens is 250 g/mol. The minimum absolute atomic E-state index is 0.0561. The van der Waals surface area contributed by atoms with Crippen LogP contribution in [0.15, 0.2) is 35.2 Å². The van der Waals surface area contributed by atoms with Crippen molar-refractivity contribution in [2.24, 2.45) is 0 Å². The standard InChI is InChI=1S/C12H11N3O4/c16-9(4-3-8-2-1-7-19-8)15-11-10(12(17)18)13-5-6-14-11/h1-2,5-7H,3-4H2,(H,17,18)(H,14,15,16). The van der Waals surface area contributed by atoms with Gasteiger partial charge >= 0.3 is 5.97 Å². The summed E-state index contributed by atoms with van der Waals surface area (Å²) >= 11 is 0. The Kier molecular flexibility index (Phi) is 3.87. The summed E-state index contributed by atoms with van der Waals surface area (Å²) in [5, 5.41) is 11.3. The SMILES string of the molecule is O=C(CCc1ccco1)Nc1nccnc1C(=O)O. The molecule has 0 bridgehead atoms. The highest BCUT2D eigenvalue weighted by Gasteiger charge is 2.15. The van der Waals surface area contributed by atoms with Gasteiger partial charge in [0.05, 0.1) is 6.26 Å². The van der Waals surface area contributed by atoms with Crippen LogP contribution < -0.4 is 5.32 Å². The third kappa shape index (κ3) is 3.38. The second kappa shape index (κ2) is 5.76. The van der Waals surface area contributed by atoms with Crippen LogP contribution in [0.5, 0.6) is 0 Å². The largest absolute Gasteiger partial charge is 0.476 e. The molecule has 2 rings (SSSR count). The van der Waals surface area contributed by atoms with E-state index in [9.17, 15) is 9.59 Å². The first-order chi connectivity index (χ1) is 9.16. The zero-order valence-electron chi connectivity index (χ0n) is 9.87. The van der Waals surface area contributed by atoms with Crippen molar-refractivity contribution in [3.63, 3.8) is 0 Å². The molecular formula is C12H11N3O4. The average Bonchev–Trinajstić information content (AvgIpc) is 2.90. The highest BCUT2D eigenvalue weighted by atomic mass is 16.4. The van der Waals surface area contributed by atoms with Gasteiger partial charge < -0.3 is 14.8 Å². The Bertz CT molecular complexity index is 580. The van der Waals surface area contributed by atoms with E-state index in [0.29, 0.717) is 12.2 Å². The number of carbonyl (C=O) groups is 2. The fraction of sp³-hybridized carbons (Fsp3) is 0.167. The number of aromatic carboxylic acids is 1. The van der Waals surface area contributed by atoms with Gasteiger partial charge in [-0.15, -0.1) is 0 Å². The van der Waals surface area contributed by atoms with Crippen LogP contribution in [-0.2, 0) is 11.2 Å². The lowest BCUT2D eigenvalue weighted by Crippen LogP contribution is -2.17. The van der Waals surface area contributed by atoms with Gasteiger partial charge in [-0.1, -0.05) is 0 Å². The zero-order valence-corrected chi connectivity index (χ0v) is 9.87. The first kappa shape index (κ1) is 12.7. The van der Waals surface area contributed by atoms with Crippen molar-refractivity contribution in [3.8, 4) is 0 Å². The molecule has 0 saturated heterocycles. The summed E-state index contributed by atoms with van der Waals surface area (Å²) in [6.07, 6.45) is 4.69. The second-order valence-electron chi connectivity index (χ2n) is 3.69. The molecule has 2 heterocycles. The maximum atomic E-state index is 11.7. The molecule has 0 spiro atoms. The normalized spacial score (nSPS) is 10.1. The highest BCUT2D eigenvalue weighted by Crippen LogP contribution is 2.10. The number of nitrogens with zero attached hydrogens (tertiary/aromatic N) is 2. The number of nitrogens with one attached hydrogen (secondary N) is 1. The summed E-state index contributed by atoms with van der Waals surface area (Å²) in [6, 6.07) is 3.50. The van der Waals surface area contributed by atoms with E-state index in [2.05, 4.69) is 15.3 Å². The monoisotopic (exact) mass is 261 g/mol. The molecule has 0 aromatic carbocycles. The first-order valence-electron chi connectivity index (χ1n) is 5.53. The predicted octanol–water partition coefficient (Wildman–Crippen LogP) is 1.34. The summed E-state index contributed by atoms with van der Waals surface area (Å²) < 4.78 is 5.09. The molecule has 0 aliphatic carbocycles. The lowest BCUT2D eigenvalue weighted by atomic mass is 10.2. The number of rotatable bonds is 5. The average molecular weight is 261 g/mol. The fourth-order valence-electron chi connectivity index (χ4n) is 1.47. The van der Waals surface area contributed by atoms with Crippen molar-refractivity contribution in [1.82, 2.24) is 9.97 Å². The molecule has 7 heteroatoms. The van der Waals surface area contributed by atoms with E-state index in [4.69, 9.17) is 9.52 Å². The van der Waals surface area contributed by atoms with Crippen LogP contribution in [0, 0.1) is 0 Å². The van der Waals surface area contributed by atoms with Crippen LogP contribution in [0.1, 0.15) is 22.7 Å². The summed E-state index contributed by atoms with van der Waals surface area (Å²) in [4.78, 5) is 30.0. The quantitative estimate of drug-likeness (QED) is 0.841. The molecule has 0 aliphatic heterocycles. The number of carboxylic acid groups (broad SMARTS) is 1. The Morgan fingerprint density at radius 3 is 2.79 bits per heavy atom. The maximum absolute atomic E-state index is 11.7. The van der Waals surface area contributed by atoms with Gasteiger partial charge in [0.1, 0.15) is 5.76 Å². The number of aryl methyl sites for hydroxylation is 1. The minimum Gasteiger partial charge on any atom is -0.476 e. The molecule has 98 valence electrons. The lowest BCUT2D eigenvalue weighted by molar-refractivity contribution is -0.116. The van der Waals surface area contributed by atoms with E-state index < -0.39 is 5.97 Å². The molecule has 0 atom stereocenters. The van der Waals surface area contributed by atoms with Crippen LogP contribution in [0.2, 0.25) is 0 Å². The van der Waals surface area contributed by atoms with Gasteiger partial charge in [0.25, 0.3) is 0 Å². The van der Waals surface area contributed by atoms with Crippen molar-refractivity contribution in [2.45, 2.75) is 12.8 Å². The Balaban J connectivity index is 1.97. The van der Waals surface area contributed by atoms with Crippen LogP contribution in [0.25, 0.3) is 0 Å². The van der Waals surface area contributed by atoms with E-state index in [-0.39, 0.29) is 23.8 Å². The van der Waals surface area contributed by atoms with Gasteiger partial charge in [-0.05, 0) is 12.1 Å². The topological polar surface area (TPSA) is 105 Å². The Labute approximate surface area is 108 Å². The van der Waals surface area contributed by atoms with E-state index in [1.165, 1.54) is 18.7 Å². The van der Waals surface area contributed by atoms with Crippen molar-refractivity contribution < 1.29 is 19.1 Å². The smallest absolute Gasteiger partial charge is 0.358 e. The molecule has 0 fully saturated rings. The molecule has 0 saturated carbocycles. The molecule has 0 radical (unpaired) electrons. The summed E-state index contributed by atoms with van der Waals surface area (Å²) in [5.41, 5.74) is -0.283. The number of furan rings is 1. The number of anilines is 1. The van der Waals surface area contributed by atoms with Crippen LogP contribution in [-0.4, -0.2) is 27.0 Å². The molecule has 1 amide bonds. The predicted molar refractivity (Wildman–Crippen MR) is 64.7 cm³/mol. The molecule has 19 heavy (non-hydrogen) atoms. The summed E-state index contributed by atoms with van der Waals surface area (Å²) in [7, 11) is 0. The Morgan fingerprint density at radius 2 is 2.11 bits per heavy atom. The number of carboxylic acids is 1. The number of amides is 1. The van der Waals surface area contributed by atoms with Crippen LogP contribution in [0.3, 0.4) is 0 Å². The molecule has 0 unspecified atom stereocenters. The van der Waals surface area contributed by atoms with Crippen molar-refractivity contribution >= 4 is 17.7 Å². The third-order valence-corrected chi connectivity index (χ3v) is 2.34. The van der Waals surface area contributed by atoms with Crippen molar-refractivity contribution in [3.05, 3.63) is 42.2 Å². The number of carbonyl (C=O) groups excluding carboxylic acids is 1. The van der Waals surface area contributed by atoms with Crippen LogP contribution >= 0.6 is 0 Å². The molecule has 7 nitrogen and oxygen atoms in total. The van der Waals surface area contributed by atoms with E-state index in [1.54, 1.807) is 12.1 Å². The summed E-state index contributed by atoms with van der Waals surface area (Å²) in [6.45, 7) is 0. The zero-order chi connectivity index (χ0) is 13.7. The highest BCUT2D eigenvalue weighted by molar-refractivity contribution is 5.97. The van der Waals surface area contributed by atoms with Gasteiger partial charge in [-0.25, -0.2) is 14.8 Å². The number of hydrogen-bond donors (Lipinski definition) is 2. The molecule has 2 aromatic heterocycles. The van der Waals surface area contributed by atoms with Gasteiger partial charge in [0, 0.05) is 25.2 Å². The molecule has 0 aliphatic rings. The first-order valence-corrected chi connectivity index (χ1v) is 5.53. The van der Waals surface area contributed by atoms with E-state index >= 15 is 0 Å². The fourth-order valence-corrected chi connectivity index (χ4v) is 1.47. The third-order valence-electron chi connectivity index (χ3n) is 2.34. The van der Waals surface area contributed by atoms with E-state index in [1.807, 2.05) is 0 Å². The van der Waals surface area contributed by atoms with Gasteiger partial charge in [0.2, 0.25) is 5.91 Å². The van der Waals surface area contributed by atoms with Gasteiger partial charge in [-0.2, -0.15) is 0 Å². The Hall–Kier alpha value is -2.70. The second-order valence-corrected chi connectivity index (χ2v) is 3.69. The van der Waals surface area contributed by atoms with Crippen LogP contribution in [0.4, 0.5) is 5.82 Å². The lowest BCUT2D eigenvalue weighted by Gasteiger charge is -2.05. The van der Waals surface area contributed by atoms with Crippen molar-refractivity contribution in [2.75, 3.05) is 5.32 Å².